The lowest BCUT2D eigenvalue weighted by Gasteiger charge is -2.38. The Labute approximate surface area is 116 Å². The van der Waals surface area contributed by atoms with E-state index in [9.17, 15) is 0 Å². The van der Waals surface area contributed by atoms with Crippen LogP contribution >= 0.6 is 12.2 Å². The van der Waals surface area contributed by atoms with Crippen molar-refractivity contribution < 1.29 is 4.74 Å². The molecule has 1 aliphatic rings. The highest BCUT2D eigenvalue weighted by molar-refractivity contribution is 7.80. The molecule has 1 aliphatic heterocycles. The molecule has 1 saturated heterocycles. The number of unbranched alkanes of at least 4 members (excludes halogenated alkanes) is 1. The summed E-state index contributed by atoms with van der Waals surface area (Å²) in [5.74, 6) is 0. The van der Waals surface area contributed by atoms with Gasteiger partial charge in [-0.2, -0.15) is 0 Å². The first-order valence-corrected chi connectivity index (χ1v) is 7.34. The molecule has 5 heteroatoms. The summed E-state index contributed by atoms with van der Waals surface area (Å²) in [4.78, 5) is 5.60. The number of rotatable bonds is 8. The number of hydrogen-bond acceptors (Lipinski definition) is 4. The zero-order valence-electron chi connectivity index (χ0n) is 11.7. The molecule has 1 fully saturated rings. The summed E-state index contributed by atoms with van der Waals surface area (Å²) in [5, 5.41) is 0. The fourth-order valence-corrected chi connectivity index (χ4v) is 2.84. The van der Waals surface area contributed by atoms with Crippen molar-refractivity contribution in [2.24, 2.45) is 5.73 Å². The van der Waals surface area contributed by atoms with Gasteiger partial charge in [-0.05, 0) is 25.8 Å². The maximum atomic E-state index is 5.79. The van der Waals surface area contributed by atoms with Crippen LogP contribution in [-0.2, 0) is 4.74 Å². The van der Waals surface area contributed by atoms with Crippen molar-refractivity contribution in [1.29, 1.82) is 0 Å². The Morgan fingerprint density at radius 3 is 2.44 bits per heavy atom. The summed E-state index contributed by atoms with van der Waals surface area (Å²) in [5.41, 5.74) is 5.79. The van der Waals surface area contributed by atoms with Gasteiger partial charge < -0.3 is 15.4 Å². The third kappa shape index (κ3) is 5.18. The van der Waals surface area contributed by atoms with Crippen LogP contribution in [0.3, 0.4) is 0 Å². The summed E-state index contributed by atoms with van der Waals surface area (Å²) in [7, 11) is 1.76. The van der Waals surface area contributed by atoms with Gasteiger partial charge in [-0.1, -0.05) is 19.1 Å². The Morgan fingerprint density at radius 2 is 1.94 bits per heavy atom. The molecule has 0 aromatic carbocycles. The van der Waals surface area contributed by atoms with Crippen LogP contribution in [0.15, 0.2) is 0 Å². The van der Waals surface area contributed by atoms with Crippen LogP contribution in [0.2, 0.25) is 0 Å². The van der Waals surface area contributed by atoms with Crippen molar-refractivity contribution in [2.75, 3.05) is 46.4 Å². The maximum Gasteiger partial charge on any atom is 0.0901 e. The molecular formula is C13H27N3OS. The fourth-order valence-electron chi connectivity index (χ4n) is 2.52. The van der Waals surface area contributed by atoms with Crippen molar-refractivity contribution in [1.82, 2.24) is 9.80 Å². The van der Waals surface area contributed by atoms with E-state index >= 15 is 0 Å². The van der Waals surface area contributed by atoms with Crippen LogP contribution in [0, 0.1) is 0 Å². The molecule has 1 atom stereocenters. The predicted molar refractivity (Wildman–Crippen MR) is 80.0 cm³/mol. The molecule has 0 bridgehead atoms. The van der Waals surface area contributed by atoms with Crippen LogP contribution in [0.25, 0.3) is 0 Å². The first-order valence-electron chi connectivity index (χ1n) is 6.93. The lowest BCUT2D eigenvalue weighted by Crippen LogP contribution is -2.53. The van der Waals surface area contributed by atoms with E-state index in [2.05, 4.69) is 16.7 Å². The highest BCUT2D eigenvalue weighted by Crippen LogP contribution is 2.10. The molecular weight excluding hydrogens is 246 g/mol. The zero-order valence-corrected chi connectivity index (χ0v) is 12.5. The normalized spacial score (nSPS) is 19.9. The first-order chi connectivity index (χ1) is 8.69. The van der Waals surface area contributed by atoms with Crippen LogP contribution in [0.5, 0.6) is 0 Å². The maximum absolute atomic E-state index is 5.79. The lowest BCUT2D eigenvalue weighted by molar-refractivity contribution is 0.112. The molecule has 4 nitrogen and oxygen atoms in total. The van der Waals surface area contributed by atoms with Gasteiger partial charge >= 0.3 is 0 Å². The summed E-state index contributed by atoms with van der Waals surface area (Å²) >= 11 is 5.13. The topological polar surface area (TPSA) is 41.7 Å². The molecule has 1 unspecified atom stereocenters. The van der Waals surface area contributed by atoms with Gasteiger partial charge in [0.15, 0.2) is 0 Å². The zero-order chi connectivity index (χ0) is 13.4. The Morgan fingerprint density at radius 1 is 1.28 bits per heavy atom. The van der Waals surface area contributed by atoms with Crippen LogP contribution in [0.4, 0.5) is 0 Å². The summed E-state index contributed by atoms with van der Waals surface area (Å²) in [6.07, 6.45) is 3.39. The Kier molecular flexibility index (Phi) is 7.74. The second-order valence-corrected chi connectivity index (χ2v) is 5.38. The van der Waals surface area contributed by atoms with Gasteiger partial charge in [0, 0.05) is 39.9 Å². The molecule has 2 N–H and O–H groups in total. The fraction of sp³-hybridized carbons (Fsp3) is 0.923. The van der Waals surface area contributed by atoms with E-state index in [1.165, 1.54) is 13.0 Å². The number of nitrogens with two attached hydrogens (primary N) is 1. The Balaban J connectivity index is 2.21. The van der Waals surface area contributed by atoms with E-state index in [1.807, 2.05) is 0 Å². The smallest absolute Gasteiger partial charge is 0.0901 e. The molecule has 1 heterocycles. The van der Waals surface area contributed by atoms with Gasteiger partial charge in [0.2, 0.25) is 0 Å². The number of hydrogen-bond donors (Lipinski definition) is 1. The molecule has 0 aromatic heterocycles. The average molecular weight is 273 g/mol. The van der Waals surface area contributed by atoms with Crippen molar-refractivity contribution in [3.8, 4) is 0 Å². The third-order valence-corrected chi connectivity index (χ3v) is 3.91. The summed E-state index contributed by atoms with van der Waals surface area (Å²) in [6.45, 7) is 8.64. The minimum Gasteiger partial charge on any atom is -0.392 e. The molecule has 1 rings (SSSR count). The Hall–Kier alpha value is -0.230. The quantitative estimate of drug-likeness (QED) is 0.530. The summed E-state index contributed by atoms with van der Waals surface area (Å²) in [6, 6.07) is 0.288. The molecule has 0 amide bonds. The van der Waals surface area contributed by atoms with Crippen molar-refractivity contribution >= 4 is 17.2 Å². The Bertz CT molecular complexity index is 242. The highest BCUT2D eigenvalue weighted by atomic mass is 32.1. The van der Waals surface area contributed by atoms with E-state index in [4.69, 9.17) is 22.7 Å². The largest absolute Gasteiger partial charge is 0.392 e. The molecule has 0 aliphatic carbocycles. The number of thiocarbonyl (C=S) groups is 1. The van der Waals surface area contributed by atoms with E-state index < -0.39 is 0 Å². The van der Waals surface area contributed by atoms with Gasteiger partial charge in [0.05, 0.1) is 11.0 Å². The molecule has 0 saturated carbocycles. The number of piperazine rings is 1. The standard InChI is InChI=1S/C13H27N3OS/c1-3-12(13(14)18)16-9-7-15(8-10-16)6-4-5-11-17-2/h12H,3-11H2,1-2H3,(H2,14,18). The van der Waals surface area contributed by atoms with Crippen molar-refractivity contribution in [3.63, 3.8) is 0 Å². The van der Waals surface area contributed by atoms with Gasteiger partial charge in [0.25, 0.3) is 0 Å². The SMILES string of the molecule is CCC(C(N)=S)N1CCN(CCCCOC)CC1. The monoisotopic (exact) mass is 273 g/mol. The van der Waals surface area contributed by atoms with Gasteiger partial charge in [-0.3, -0.25) is 4.90 Å². The first kappa shape index (κ1) is 15.8. The predicted octanol–water partition coefficient (Wildman–Crippen LogP) is 1.10. The lowest BCUT2D eigenvalue weighted by atomic mass is 10.1. The van der Waals surface area contributed by atoms with Crippen LogP contribution < -0.4 is 5.73 Å². The van der Waals surface area contributed by atoms with E-state index in [1.54, 1.807) is 7.11 Å². The minimum absolute atomic E-state index is 0.288. The van der Waals surface area contributed by atoms with Crippen LogP contribution in [-0.4, -0.2) is 67.3 Å². The average Bonchev–Trinajstić information content (AvgIpc) is 2.37. The number of ether oxygens (including phenoxy) is 1. The van der Waals surface area contributed by atoms with Crippen molar-refractivity contribution in [2.45, 2.75) is 32.2 Å². The molecule has 0 aromatic rings. The van der Waals surface area contributed by atoms with Gasteiger partial charge in [-0.15, -0.1) is 0 Å². The second kappa shape index (κ2) is 8.80. The minimum atomic E-state index is 0.288. The summed E-state index contributed by atoms with van der Waals surface area (Å²) < 4.78 is 5.07. The van der Waals surface area contributed by atoms with Crippen LogP contribution in [0.1, 0.15) is 26.2 Å². The van der Waals surface area contributed by atoms with Gasteiger partial charge in [-0.25, -0.2) is 0 Å². The molecule has 0 radical (unpaired) electrons. The number of nitrogens with zero attached hydrogens (tertiary/aromatic N) is 2. The van der Waals surface area contributed by atoms with E-state index in [0.29, 0.717) is 4.99 Å². The van der Waals surface area contributed by atoms with Gasteiger partial charge in [0.1, 0.15) is 0 Å². The molecule has 0 spiro atoms. The van der Waals surface area contributed by atoms with E-state index in [0.717, 1.165) is 45.6 Å². The second-order valence-electron chi connectivity index (χ2n) is 4.90. The van der Waals surface area contributed by atoms with Crippen molar-refractivity contribution in [3.05, 3.63) is 0 Å². The highest BCUT2D eigenvalue weighted by Gasteiger charge is 2.23. The molecule has 106 valence electrons. The van der Waals surface area contributed by atoms with E-state index in [-0.39, 0.29) is 6.04 Å². The molecule has 18 heavy (non-hydrogen) atoms. The number of methoxy groups -OCH3 is 1. The third-order valence-electron chi connectivity index (χ3n) is 3.64.